The van der Waals surface area contributed by atoms with Crippen molar-refractivity contribution in [3.8, 4) is 11.5 Å². The van der Waals surface area contributed by atoms with Crippen LogP contribution in [0, 0.1) is 6.92 Å². The SMILES string of the molecule is COc1ccc(CN(Cc2ccc(OC)cc2)c2cc(C)nc(C(C)(C)O)n2)cc1. The predicted molar refractivity (Wildman–Crippen MR) is 118 cm³/mol. The molecule has 0 bridgehead atoms. The zero-order valence-electron chi connectivity index (χ0n) is 18.2. The monoisotopic (exact) mass is 407 g/mol. The van der Waals surface area contributed by atoms with Crippen molar-refractivity contribution in [2.75, 3.05) is 19.1 Å². The molecule has 6 nitrogen and oxygen atoms in total. The van der Waals surface area contributed by atoms with Gasteiger partial charge in [0.05, 0.1) is 14.2 Å². The number of hydrogen-bond donors (Lipinski definition) is 1. The molecule has 0 saturated heterocycles. The number of nitrogens with zero attached hydrogens (tertiary/aromatic N) is 3. The molecule has 0 amide bonds. The van der Waals surface area contributed by atoms with Gasteiger partial charge in [-0.05, 0) is 56.2 Å². The third-order valence-electron chi connectivity index (χ3n) is 4.78. The number of methoxy groups -OCH3 is 2. The fourth-order valence-corrected chi connectivity index (χ4v) is 3.11. The van der Waals surface area contributed by atoms with Gasteiger partial charge in [0, 0.05) is 24.8 Å². The fourth-order valence-electron chi connectivity index (χ4n) is 3.11. The van der Waals surface area contributed by atoms with E-state index in [1.807, 2.05) is 61.5 Å². The first-order chi connectivity index (χ1) is 14.3. The lowest BCUT2D eigenvalue weighted by Gasteiger charge is -2.26. The van der Waals surface area contributed by atoms with Gasteiger partial charge in [0.2, 0.25) is 0 Å². The summed E-state index contributed by atoms with van der Waals surface area (Å²) in [6, 6.07) is 17.9. The quantitative estimate of drug-likeness (QED) is 0.603. The number of aliphatic hydroxyl groups is 1. The van der Waals surface area contributed by atoms with Crippen LogP contribution in [0.1, 0.15) is 36.5 Å². The van der Waals surface area contributed by atoms with Crippen molar-refractivity contribution < 1.29 is 14.6 Å². The van der Waals surface area contributed by atoms with Crippen LogP contribution in [0.3, 0.4) is 0 Å². The number of aromatic nitrogens is 2. The molecule has 1 N–H and O–H groups in total. The Balaban J connectivity index is 1.96. The molecule has 2 aromatic carbocycles. The van der Waals surface area contributed by atoms with Crippen LogP contribution >= 0.6 is 0 Å². The van der Waals surface area contributed by atoms with Crippen LogP contribution in [-0.4, -0.2) is 29.3 Å². The van der Waals surface area contributed by atoms with Gasteiger partial charge in [0.15, 0.2) is 5.82 Å². The molecule has 0 aliphatic heterocycles. The maximum Gasteiger partial charge on any atom is 0.161 e. The van der Waals surface area contributed by atoms with Crippen molar-refractivity contribution in [2.24, 2.45) is 0 Å². The molecule has 0 spiro atoms. The normalized spacial score (nSPS) is 11.3. The summed E-state index contributed by atoms with van der Waals surface area (Å²) in [4.78, 5) is 11.3. The third kappa shape index (κ3) is 5.48. The summed E-state index contributed by atoms with van der Waals surface area (Å²) in [5, 5.41) is 10.4. The van der Waals surface area contributed by atoms with Gasteiger partial charge in [0.25, 0.3) is 0 Å². The van der Waals surface area contributed by atoms with E-state index in [-0.39, 0.29) is 0 Å². The van der Waals surface area contributed by atoms with Gasteiger partial charge in [-0.1, -0.05) is 24.3 Å². The molecule has 3 aromatic rings. The molecule has 0 radical (unpaired) electrons. The standard InChI is InChI=1S/C24H29N3O3/c1-17-14-22(26-23(25-17)24(2,3)28)27(15-18-6-10-20(29-4)11-7-18)16-19-8-12-21(30-5)13-9-19/h6-14,28H,15-16H2,1-5H3. The maximum absolute atomic E-state index is 10.4. The molecule has 1 heterocycles. The Labute approximate surface area is 178 Å². The molecule has 30 heavy (non-hydrogen) atoms. The number of benzene rings is 2. The Hall–Kier alpha value is -3.12. The van der Waals surface area contributed by atoms with Crippen molar-refractivity contribution in [1.29, 1.82) is 0 Å². The maximum atomic E-state index is 10.4. The van der Waals surface area contributed by atoms with E-state index in [1.54, 1.807) is 28.1 Å². The van der Waals surface area contributed by atoms with Crippen molar-refractivity contribution >= 4 is 5.82 Å². The van der Waals surface area contributed by atoms with Gasteiger partial charge >= 0.3 is 0 Å². The Bertz CT molecular complexity index is 915. The van der Waals surface area contributed by atoms with E-state index in [9.17, 15) is 5.11 Å². The van der Waals surface area contributed by atoms with Crippen LogP contribution in [0.5, 0.6) is 11.5 Å². The Kier molecular flexibility index (Phi) is 6.57. The highest BCUT2D eigenvalue weighted by Crippen LogP contribution is 2.24. The molecule has 3 rings (SSSR count). The van der Waals surface area contributed by atoms with Crippen molar-refractivity contribution in [1.82, 2.24) is 9.97 Å². The van der Waals surface area contributed by atoms with Crippen LogP contribution in [0.25, 0.3) is 0 Å². The van der Waals surface area contributed by atoms with Crippen LogP contribution < -0.4 is 14.4 Å². The largest absolute Gasteiger partial charge is 0.497 e. The topological polar surface area (TPSA) is 67.7 Å². The predicted octanol–water partition coefficient (Wildman–Crippen LogP) is 4.24. The highest BCUT2D eigenvalue weighted by atomic mass is 16.5. The fraction of sp³-hybridized carbons (Fsp3) is 0.333. The van der Waals surface area contributed by atoms with Gasteiger partial charge in [-0.25, -0.2) is 9.97 Å². The average Bonchev–Trinajstić information content (AvgIpc) is 2.73. The molecule has 158 valence electrons. The average molecular weight is 408 g/mol. The lowest BCUT2D eigenvalue weighted by molar-refractivity contribution is 0.0686. The van der Waals surface area contributed by atoms with E-state index in [4.69, 9.17) is 9.47 Å². The number of anilines is 1. The van der Waals surface area contributed by atoms with Crippen LogP contribution in [0.15, 0.2) is 54.6 Å². The van der Waals surface area contributed by atoms with E-state index in [1.165, 1.54) is 0 Å². The minimum atomic E-state index is -1.12. The molecule has 6 heteroatoms. The number of aryl methyl sites for hydroxylation is 1. The van der Waals surface area contributed by atoms with Crippen molar-refractivity contribution in [3.63, 3.8) is 0 Å². The van der Waals surface area contributed by atoms with E-state index < -0.39 is 5.60 Å². The molecule has 0 unspecified atom stereocenters. The summed E-state index contributed by atoms with van der Waals surface area (Å²) in [5.74, 6) is 2.82. The number of rotatable bonds is 8. The molecular weight excluding hydrogens is 378 g/mol. The van der Waals surface area contributed by atoms with E-state index >= 15 is 0 Å². The number of ether oxygens (including phenoxy) is 2. The van der Waals surface area contributed by atoms with E-state index in [0.717, 1.165) is 34.1 Å². The zero-order chi connectivity index (χ0) is 21.7. The number of hydrogen-bond acceptors (Lipinski definition) is 6. The van der Waals surface area contributed by atoms with Crippen molar-refractivity contribution in [3.05, 3.63) is 77.2 Å². The molecule has 0 aliphatic carbocycles. The molecule has 0 atom stereocenters. The minimum Gasteiger partial charge on any atom is -0.497 e. The Morgan fingerprint density at radius 1 is 0.833 bits per heavy atom. The summed E-state index contributed by atoms with van der Waals surface area (Å²) in [7, 11) is 3.32. The summed E-state index contributed by atoms with van der Waals surface area (Å²) >= 11 is 0. The summed E-state index contributed by atoms with van der Waals surface area (Å²) in [6.07, 6.45) is 0. The Morgan fingerprint density at radius 2 is 1.30 bits per heavy atom. The Morgan fingerprint density at radius 3 is 1.70 bits per heavy atom. The minimum absolute atomic E-state index is 0.409. The van der Waals surface area contributed by atoms with Gasteiger partial charge < -0.3 is 19.5 Å². The summed E-state index contributed by atoms with van der Waals surface area (Å²) < 4.78 is 10.5. The molecular formula is C24H29N3O3. The second kappa shape index (κ2) is 9.13. The smallest absolute Gasteiger partial charge is 0.161 e. The van der Waals surface area contributed by atoms with Gasteiger partial charge in [-0.15, -0.1) is 0 Å². The molecule has 0 aliphatic rings. The van der Waals surface area contributed by atoms with Crippen LogP contribution in [0.4, 0.5) is 5.82 Å². The summed E-state index contributed by atoms with van der Waals surface area (Å²) in [5.41, 5.74) is 1.95. The zero-order valence-corrected chi connectivity index (χ0v) is 18.2. The van der Waals surface area contributed by atoms with Gasteiger partial charge in [0.1, 0.15) is 22.9 Å². The first-order valence-corrected chi connectivity index (χ1v) is 9.88. The lowest BCUT2D eigenvalue weighted by Crippen LogP contribution is -2.26. The van der Waals surface area contributed by atoms with Crippen molar-refractivity contribution in [2.45, 2.75) is 39.5 Å². The van der Waals surface area contributed by atoms with E-state index in [2.05, 4.69) is 14.9 Å². The molecule has 0 fully saturated rings. The molecule has 1 aromatic heterocycles. The highest BCUT2D eigenvalue weighted by molar-refractivity contribution is 5.43. The molecule has 0 saturated carbocycles. The lowest BCUT2D eigenvalue weighted by atomic mass is 10.1. The second-order valence-corrected chi connectivity index (χ2v) is 7.80. The summed E-state index contributed by atoms with van der Waals surface area (Å²) in [6.45, 7) is 6.61. The first kappa shape index (κ1) is 21.6. The first-order valence-electron chi connectivity index (χ1n) is 9.88. The van der Waals surface area contributed by atoms with Gasteiger partial charge in [-0.3, -0.25) is 0 Å². The second-order valence-electron chi connectivity index (χ2n) is 7.80. The van der Waals surface area contributed by atoms with Crippen LogP contribution in [0.2, 0.25) is 0 Å². The van der Waals surface area contributed by atoms with Crippen LogP contribution in [-0.2, 0) is 18.7 Å². The highest BCUT2D eigenvalue weighted by Gasteiger charge is 2.22. The third-order valence-corrected chi connectivity index (χ3v) is 4.78. The van der Waals surface area contributed by atoms with E-state index in [0.29, 0.717) is 18.9 Å². The van der Waals surface area contributed by atoms with Gasteiger partial charge in [-0.2, -0.15) is 0 Å².